The van der Waals surface area contributed by atoms with Crippen LogP contribution >= 0.6 is 22.9 Å². The summed E-state index contributed by atoms with van der Waals surface area (Å²) < 4.78 is 4.59. The molecule has 0 aliphatic heterocycles. The predicted octanol–water partition coefficient (Wildman–Crippen LogP) is 4.89. The molecule has 1 heterocycles. The minimum Gasteiger partial charge on any atom is -0.453 e. The highest BCUT2D eigenvalue weighted by Crippen LogP contribution is 2.36. The van der Waals surface area contributed by atoms with Crippen LogP contribution in [-0.2, 0) is 4.74 Å². The van der Waals surface area contributed by atoms with Gasteiger partial charge in [-0.3, -0.25) is 10.1 Å². The van der Waals surface area contributed by atoms with Crippen molar-refractivity contribution < 1.29 is 14.3 Å². The molecule has 0 saturated carbocycles. The van der Waals surface area contributed by atoms with Crippen molar-refractivity contribution in [3.8, 4) is 11.3 Å². The Bertz CT molecular complexity index is 944. The number of ether oxygens (including phenoxy) is 1. The molecular weight excluding hydrogens is 374 g/mol. The summed E-state index contributed by atoms with van der Waals surface area (Å²) in [5.74, 6) is -0.321. The van der Waals surface area contributed by atoms with Crippen LogP contribution in [0.2, 0.25) is 5.02 Å². The molecule has 0 fully saturated rings. The fourth-order valence-corrected chi connectivity index (χ4v) is 3.25. The number of rotatable bonds is 4. The third-order valence-corrected chi connectivity index (χ3v) is 4.50. The second-order valence-corrected chi connectivity index (χ2v) is 6.58. The van der Waals surface area contributed by atoms with E-state index in [1.54, 1.807) is 24.3 Å². The summed E-state index contributed by atoms with van der Waals surface area (Å²) >= 11 is 7.08. The number of anilines is 2. The molecule has 132 valence electrons. The van der Waals surface area contributed by atoms with Crippen molar-refractivity contribution in [3.05, 3.63) is 65.2 Å². The van der Waals surface area contributed by atoms with Crippen LogP contribution in [0.5, 0.6) is 0 Å². The highest BCUT2D eigenvalue weighted by molar-refractivity contribution is 7.20. The highest BCUT2D eigenvalue weighted by atomic mass is 35.5. The van der Waals surface area contributed by atoms with Gasteiger partial charge in [0.15, 0.2) is 5.13 Å². The van der Waals surface area contributed by atoms with Crippen molar-refractivity contribution in [2.75, 3.05) is 17.7 Å². The van der Waals surface area contributed by atoms with E-state index >= 15 is 0 Å². The average Bonchev–Trinajstić information content (AvgIpc) is 3.04. The number of thiazole rings is 1. The van der Waals surface area contributed by atoms with E-state index in [0.29, 0.717) is 26.4 Å². The Morgan fingerprint density at radius 2 is 1.85 bits per heavy atom. The quantitative estimate of drug-likeness (QED) is 0.667. The van der Waals surface area contributed by atoms with E-state index in [4.69, 9.17) is 11.6 Å². The molecule has 0 aliphatic rings. The molecule has 26 heavy (non-hydrogen) atoms. The summed E-state index contributed by atoms with van der Waals surface area (Å²) in [5, 5.41) is 6.64. The second-order valence-electron chi connectivity index (χ2n) is 5.14. The van der Waals surface area contributed by atoms with E-state index in [0.717, 1.165) is 16.9 Å². The smallest absolute Gasteiger partial charge is 0.413 e. The maximum absolute atomic E-state index is 12.5. The lowest BCUT2D eigenvalue weighted by Crippen LogP contribution is -2.11. The first-order valence-corrected chi connectivity index (χ1v) is 8.74. The molecule has 0 bridgehead atoms. The van der Waals surface area contributed by atoms with E-state index < -0.39 is 6.09 Å². The lowest BCUT2D eigenvalue weighted by Gasteiger charge is -2.05. The topological polar surface area (TPSA) is 80.3 Å². The number of carbonyl (C=O) groups excluding carboxylic acids is 2. The van der Waals surface area contributed by atoms with Gasteiger partial charge in [0.05, 0.1) is 7.11 Å². The Morgan fingerprint density at radius 1 is 1.08 bits per heavy atom. The first-order chi connectivity index (χ1) is 12.6. The number of nitrogens with one attached hydrogen (secondary N) is 2. The number of aromatic nitrogens is 1. The number of methoxy groups -OCH3 is 1. The van der Waals surface area contributed by atoms with Crippen molar-refractivity contribution in [2.45, 2.75) is 0 Å². The number of amides is 2. The lowest BCUT2D eigenvalue weighted by atomic mass is 10.1. The van der Waals surface area contributed by atoms with Crippen molar-refractivity contribution in [1.82, 2.24) is 4.98 Å². The van der Waals surface area contributed by atoms with Crippen LogP contribution < -0.4 is 10.6 Å². The van der Waals surface area contributed by atoms with Gasteiger partial charge >= 0.3 is 6.09 Å². The molecule has 1 aromatic heterocycles. The van der Waals surface area contributed by atoms with Gasteiger partial charge in [-0.15, -0.1) is 0 Å². The van der Waals surface area contributed by atoms with Crippen molar-refractivity contribution in [2.24, 2.45) is 0 Å². The van der Waals surface area contributed by atoms with Crippen LogP contribution in [0.3, 0.4) is 0 Å². The number of halogens is 1. The number of hydrogen-bond acceptors (Lipinski definition) is 5. The molecule has 2 aromatic carbocycles. The molecule has 0 aliphatic carbocycles. The predicted molar refractivity (Wildman–Crippen MR) is 103 cm³/mol. The Balaban J connectivity index is 1.93. The van der Waals surface area contributed by atoms with Crippen LogP contribution in [0.25, 0.3) is 11.3 Å². The molecule has 0 unspecified atom stereocenters. The molecule has 0 atom stereocenters. The number of nitrogens with zero attached hydrogens (tertiary/aromatic N) is 1. The Kier molecular flexibility index (Phi) is 5.50. The Hall–Kier alpha value is -2.90. The summed E-state index contributed by atoms with van der Waals surface area (Å²) in [4.78, 5) is 28.4. The van der Waals surface area contributed by atoms with E-state index in [-0.39, 0.29) is 5.91 Å². The zero-order valence-electron chi connectivity index (χ0n) is 13.7. The molecule has 3 aromatic rings. The average molecular weight is 388 g/mol. The van der Waals surface area contributed by atoms with Crippen molar-refractivity contribution in [3.63, 3.8) is 0 Å². The summed E-state index contributed by atoms with van der Waals surface area (Å²) in [5.41, 5.74) is 1.79. The molecule has 2 N–H and O–H groups in total. The van der Waals surface area contributed by atoms with Crippen molar-refractivity contribution >= 4 is 45.1 Å². The molecule has 2 amide bonds. The minimum absolute atomic E-state index is 0.317. The molecule has 6 nitrogen and oxygen atoms in total. The molecule has 0 radical (unpaired) electrons. The molecular formula is C18H14ClN3O3S. The fraction of sp³-hybridized carbons (Fsp3) is 0.0556. The third kappa shape index (κ3) is 4.19. The Morgan fingerprint density at radius 3 is 2.54 bits per heavy atom. The van der Waals surface area contributed by atoms with Crippen LogP contribution in [0.15, 0.2) is 54.6 Å². The van der Waals surface area contributed by atoms with E-state index in [1.165, 1.54) is 7.11 Å². The zero-order chi connectivity index (χ0) is 18.5. The van der Waals surface area contributed by atoms with Gasteiger partial charge in [-0.1, -0.05) is 59.3 Å². The standard InChI is InChI=1S/C18H14ClN3O3S/c1-25-18(24)22-17-20-14(11-6-3-2-4-7-11)16(26-17)21-15(23)12-8-5-9-13(19)10-12/h2-10H,1H3,(H,21,23)(H,20,22,24). The normalized spacial score (nSPS) is 10.2. The zero-order valence-corrected chi connectivity index (χ0v) is 15.2. The summed E-state index contributed by atoms with van der Waals surface area (Å²) in [6.45, 7) is 0. The maximum atomic E-state index is 12.5. The van der Waals surface area contributed by atoms with Gasteiger partial charge in [0.1, 0.15) is 10.7 Å². The summed E-state index contributed by atoms with van der Waals surface area (Å²) in [7, 11) is 1.27. The Labute approximate surface area is 158 Å². The van der Waals surface area contributed by atoms with Gasteiger partial charge in [0.2, 0.25) is 0 Å². The van der Waals surface area contributed by atoms with Gasteiger partial charge in [-0.2, -0.15) is 0 Å². The third-order valence-electron chi connectivity index (χ3n) is 3.38. The highest BCUT2D eigenvalue weighted by Gasteiger charge is 2.18. The van der Waals surface area contributed by atoms with Crippen LogP contribution in [-0.4, -0.2) is 24.1 Å². The summed E-state index contributed by atoms with van der Waals surface area (Å²) in [6, 6.07) is 16.0. The largest absolute Gasteiger partial charge is 0.453 e. The monoisotopic (exact) mass is 387 g/mol. The van der Waals surface area contributed by atoms with E-state index in [2.05, 4.69) is 20.4 Å². The van der Waals surface area contributed by atoms with Crippen LogP contribution in [0, 0.1) is 0 Å². The van der Waals surface area contributed by atoms with Gasteiger partial charge in [-0.05, 0) is 18.2 Å². The fourth-order valence-electron chi connectivity index (χ4n) is 2.19. The molecule has 0 spiro atoms. The SMILES string of the molecule is COC(=O)Nc1nc(-c2ccccc2)c(NC(=O)c2cccc(Cl)c2)s1. The van der Waals surface area contributed by atoms with Gasteiger partial charge in [0, 0.05) is 16.1 Å². The number of benzene rings is 2. The minimum atomic E-state index is -0.633. The lowest BCUT2D eigenvalue weighted by molar-refractivity contribution is 0.102. The number of hydrogen-bond donors (Lipinski definition) is 2. The van der Waals surface area contributed by atoms with Gasteiger partial charge < -0.3 is 10.1 Å². The maximum Gasteiger partial charge on any atom is 0.413 e. The second kappa shape index (κ2) is 7.99. The van der Waals surface area contributed by atoms with E-state index in [9.17, 15) is 9.59 Å². The number of carbonyl (C=O) groups is 2. The van der Waals surface area contributed by atoms with E-state index in [1.807, 2.05) is 30.3 Å². The molecule has 0 saturated heterocycles. The van der Waals surface area contributed by atoms with Crippen LogP contribution in [0.4, 0.5) is 14.9 Å². The first kappa shape index (κ1) is 17.9. The first-order valence-electron chi connectivity index (χ1n) is 7.55. The van der Waals surface area contributed by atoms with Crippen LogP contribution in [0.1, 0.15) is 10.4 Å². The molecule has 3 rings (SSSR count). The molecule has 8 heteroatoms. The van der Waals surface area contributed by atoms with Gasteiger partial charge in [0.25, 0.3) is 5.91 Å². The van der Waals surface area contributed by atoms with Crippen molar-refractivity contribution in [1.29, 1.82) is 0 Å². The van der Waals surface area contributed by atoms with Gasteiger partial charge in [-0.25, -0.2) is 9.78 Å². The summed E-state index contributed by atoms with van der Waals surface area (Å²) in [6.07, 6.45) is -0.633.